The molecule has 0 bridgehead atoms. The molecule has 3 rings (SSSR count). The lowest BCUT2D eigenvalue weighted by atomic mass is 9.99. The third-order valence-electron chi connectivity index (χ3n) is 3.27. The van der Waals surface area contributed by atoms with Crippen LogP contribution in [0.3, 0.4) is 0 Å². The zero-order valence-electron chi connectivity index (χ0n) is 14.0. The fourth-order valence-corrected chi connectivity index (χ4v) is 2.14. The molecule has 0 unspecified atom stereocenters. The maximum absolute atomic E-state index is 11.8. The third kappa shape index (κ3) is 3.90. The Labute approximate surface area is 140 Å². The minimum Gasteiger partial charge on any atom is -0.449 e. The zero-order valence-corrected chi connectivity index (χ0v) is 14.0. The van der Waals surface area contributed by atoms with Crippen LogP contribution in [0.25, 0.3) is 22.6 Å². The van der Waals surface area contributed by atoms with Crippen molar-refractivity contribution in [3.8, 4) is 11.4 Å². The van der Waals surface area contributed by atoms with E-state index in [1.165, 1.54) is 0 Å². The number of carbonyl (C=O) groups excluding carboxylic acids is 1. The molecule has 0 aliphatic carbocycles. The van der Waals surface area contributed by atoms with Gasteiger partial charge in [0, 0.05) is 5.56 Å². The average Bonchev–Trinajstić information content (AvgIpc) is 2.96. The predicted molar refractivity (Wildman–Crippen MR) is 93.8 cm³/mol. The van der Waals surface area contributed by atoms with Gasteiger partial charge in [-0.3, -0.25) is 5.32 Å². The smallest absolute Gasteiger partial charge is 0.411 e. The van der Waals surface area contributed by atoms with E-state index < -0.39 is 6.09 Å². The summed E-state index contributed by atoms with van der Waals surface area (Å²) in [4.78, 5) is 23.8. The number of aromatic nitrogens is 3. The van der Waals surface area contributed by atoms with Crippen LogP contribution in [-0.4, -0.2) is 27.7 Å². The van der Waals surface area contributed by atoms with Gasteiger partial charge in [-0.05, 0) is 11.5 Å². The Kier molecular flexibility index (Phi) is 4.20. The van der Waals surface area contributed by atoms with Gasteiger partial charge in [-0.15, -0.1) is 0 Å². The van der Waals surface area contributed by atoms with Crippen LogP contribution in [0.15, 0.2) is 42.6 Å². The number of nitrogens with one attached hydrogen (secondary N) is 2. The molecule has 0 aliphatic rings. The number of H-pyrrole nitrogens is 1. The molecule has 0 saturated carbocycles. The van der Waals surface area contributed by atoms with E-state index in [1.54, 1.807) is 12.3 Å². The number of aromatic amines is 1. The molecule has 2 aromatic heterocycles. The van der Waals surface area contributed by atoms with E-state index in [0.717, 1.165) is 16.9 Å². The molecule has 1 amide bonds. The summed E-state index contributed by atoms with van der Waals surface area (Å²) in [5.74, 6) is 0.741. The summed E-state index contributed by atoms with van der Waals surface area (Å²) in [6.07, 6.45) is 1.07. The number of amides is 1. The highest BCUT2D eigenvalue weighted by molar-refractivity contribution is 5.87. The molecule has 1 aromatic carbocycles. The number of pyridine rings is 1. The number of benzene rings is 1. The minimum atomic E-state index is -0.492. The van der Waals surface area contributed by atoms with Crippen molar-refractivity contribution in [2.45, 2.75) is 20.8 Å². The Morgan fingerprint density at radius 1 is 1.25 bits per heavy atom. The van der Waals surface area contributed by atoms with E-state index >= 15 is 0 Å². The maximum atomic E-state index is 11.8. The van der Waals surface area contributed by atoms with Gasteiger partial charge in [0.1, 0.15) is 5.82 Å². The second-order valence-electron chi connectivity index (χ2n) is 6.81. The first kappa shape index (κ1) is 16.0. The predicted octanol–water partition coefficient (Wildman–Crippen LogP) is 4.22. The lowest BCUT2D eigenvalue weighted by molar-refractivity contribution is 0.118. The van der Waals surface area contributed by atoms with Crippen molar-refractivity contribution in [2.24, 2.45) is 5.41 Å². The number of anilines is 1. The summed E-state index contributed by atoms with van der Waals surface area (Å²) in [6, 6.07) is 11.6. The van der Waals surface area contributed by atoms with Crippen molar-refractivity contribution >= 4 is 22.9 Å². The van der Waals surface area contributed by atoms with Gasteiger partial charge in [0.15, 0.2) is 5.65 Å². The number of fused-ring (bicyclic) bond motifs is 1. The van der Waals surface area contributed by atoms with Crippen LogP contribution in [0.1, 0.15) is 20.8 Å². The SMILES string of the molecule is CC(C)(C)COC(=O)Nc1cnc2nc(-c3ccccc3)[nH]c2c1. The number of hydrogen-bond acceptors (Lipinski definition) is 4. The van der Waals surface area contributed by atoms with Crippen molar-refractivity contribution in [2.75, 3.05) is 11.9 Å². The van der Waals surface area contributed by atoms with Gasteiger partial charge in [0.2, 0.25) is 0 Å². The van der Waals surface area contributed by atoms with Gasteiger partial charge in [0.25, 0.3) is 0 Å². The lowest BCUT2D eigenvalue weighted by Gasteiger charge is -2.17. The second-order valence-corrected chi connectivity index (χ2v) is 6.81. The van der Waals surface area contributed by atoms with E-state index in [1.807, 2.05) is 51.1 Å². The Balaban J connectivity index is 1.75. The minimum absolute atomic E-state index is 0.0759. The van der Waals surface area contributed by atoms with Gasteiger partial charge in [-0.1, -0.05) is 51.1 Å². The Bertz CT molecular complexity index is 850. The third-order valence-corrected chi connectivity index (χ3v) is 3.27. The monoisotopic (exact) mass is 324 g/mol. The molecule has 3 aromatic rings. The molecule has 124 valence electrons. The van der Waals surface area contributed by atoms with Crippen LogP contribution in [0.5, 0.6) is 0 Å². The fourth-order valence-electron chi connectivity index (χ4n) is 2.14. The summed E-state index contributed by atoms with van der Waals surface area (Å²) < 4.78 is 5.19. The first-order valence-electron chi connectivity index (χ1n) is 7.76. The Hall–Kier alpha value is -2.89. The van der Waals surface area contributed by atoms with E-state index in [0.29, 0.717) is 17.9 Å². The van der Waals surface area contributed by atoms with Crippen molar-refractivity contribution in [3.05, 3.63) is 42.6 Å². The molecule has 2 heterocycles. The van der Waals surface area contributed by atoms with Gasteiger partial charge < -0.3 is 9.72 Å². The number of hydrogen-bond donors (Lipinski definition) is 2. The van der Waals surface area contributed by atoms with Crippen molar-refractivity contribution in [3.63, 3.8) is 0 Å². The lowest BCUT2D eigenvalue weighted by Crippen LogP contribution is -2.21. The summed E-state index contributed by atoms with van der Waals surface area (Å²) in [7, 11) is 0. The normalized spacial score (nSPS) is 11.5. The first-order chi connectivity index (χ1) is 11.4. The number of nitrogens with zero attached hydrogens (tertiary/aromatic N) is 2. The fraction of sp³-hybridized carbons (Fsp3) is 0.278. The Morgan fingerprint density at radius 3 is 2.71 bits per heavy atom. The van der Waals surface area contributed by atoms with Crippen molar-refractivity contribution < 1.29 is 9.53 Å². The van der Waals surface area contributed by atoms with E-state index in [4.69, 9.17) is 4.74 Å². The molecule has 0 spiro atoms. The average molecular weight is 324 g/mol. The van der Waals surface area contributed by atoms with E-state index in [2.05, 4.69) is 20.3 Å². The van der Waals surface area contributed by atoms with Crippen LogP contribution in [-0.2, 0) is 4.74 Å². The Morgan fingerprint density at radius 2 is 2.00 bits per heavy atom. The van der Waals surface area contributed by atoms with Gasteiger partial charge >= 0.3 is 6.09 Å². The van der Waals surface area contributed by atoms with Crippen LogP contribution >= 0.6 is 0 Å². The number of rotatable bonds is 3. The maximum Gasteiger partial charge on any atom is 0.411 e. The quantitative estimate of drug-likeness (QED) is 0.756. The van der Waals surface area contributed by atoms with Crippen LogP contribution in [0, 0.1) is 5.41 Å². The molecule has 0 radical (unpaired) electrons. The summed E-state index contributed by atoms with van der Waals surface area (Å²) in [5, 5.41) is 2.68. The molecule has 24 heavy (non-hydrogen) atoms. The molecule has 0 aliphatic heterocycles. The largest absolute Gasteiger partial charge is 0.449 e. The molecule has 0 atom stereocenters. The highest BCUT2D eigenvalue weighted by Gasteiger charge is 2.14. The van der Waals surface area contributed by atoms with Gasteiger partial charge in [0.05, 0.1) is 24.0 Å². The van der Waals surface area contributed by atoms with Crippen LogP contribution < -0.4 is 5.32 Å². The molecule has 0 fully saturated rings. The molecule has 0 saturated heterocycles. The topological polar surface area (TPSA) is 79.9 Å². The summed E-state index contributed by atoms with van der Waals surface area (Å²) in [6.45, 7) is 6.35. The van der Waals surface area contributed by atoms with E-state index in [-0.39, 0.29) is 5.41 Å². The standard InChI is InChI=1S/C18H20N4O2/c1-18(2,3)11-24-17(23)20-13-9-14-16(19-10-13)22-15(21-14)12-7-5-4-6-8-12/h4-10H,11H2,1-3H3,(H,20,23)(H,19,21,22). The second kappa shape index (κ2) is 6.31. The van der Waals surface area contributed by atoms with Crippen LogP contribution in [0.2, 0.25) is 0 Å². The highest BCUT2D eigenvalue weighted by Crippen LogP contribution is 2.21. The number of ether oxygens (including phenoxy) is 1. The number of imidazole rings is 1. The molecule has 6 heteroatoms. The van der Waals surface area contributed by atoms with Crippen molar-refractivity contribution in [1.82, 2.24) is 15.0 Å². The van der Waals surface area contributed by atoms with Gasteiger partial charge in [-0.2, -0.15) is 0 Å². The summed E-state index contributed by atoms with van der Waals surface area (Å²) in [5.41, 5.74) is 2.82. The number of carbonyl (C=O) groups is 1. The van der Waals surface area contributed by atoms with E-state index in [9.17, 15) is 4.79 Å². The molecule has 6 nitrogen and oxygen atoms in total. The van der Waals surface area contributed by atoms with Gasteiger partial charge in [-0.25, -0.2) is 14.8 Å². The van der Waals surface area contributed by atoms with Crippen LogP contribution in [0.4, 0.5) is 10.5 Å². The summed E-state index contributed by atoms with van der Waals surface area (Å²) >= 11 is 0. The van der Waals surface area contributed by atoms with Crippen molar-refractivity contribution in [1.29, 1.82) is 0 Å². The first-order valence-corrected chi connectivity index (χ1v) is 7.76. The molecule has 2 N–H and O–H groups in total. The molecular weight excluding hydrogens is 304 g/mol. The zero-order chi connectivity index (χ0) is 17.2. The molecular formula is C18H20N4O2. The highest BCUT2D eigenvalue weighted by atomic mass is 16.5.